The second kappa shape index (κ2) is 4.79. The zero-order chi connectivity index (χ0) is 17.2. The molecule has 0 aliphatic heterocycles. The molecule has 0 spiro atoms. The Kier molecular flexibility index (Phi) is 3.42. The predicted octanol–water partition coefficient (Wildman–Crippen LogP) is 1.89. The summed E-state index contributed by atoms with van der Waals surface area (Å²) in [6.07, 6.45) is -3.65. The lowest BCUT2D eigenvalue weighted by molar-refractivity contribution is -0.135. The number of fused-ring (bicyclic) bond motifs is 1. The van der Waals surface area contributed by atoms with Crippen LogP contribution in [0.1, 0.15) is 30.1 Å². The van der Waals surface area contributed by atoms with Gasteiger partial charge in [-0.1, -0.05) is 0 Å². The first-order chi connectivity index (χ1) is 10.4. The Labute approximate surface area is 129 Å². The van der Waals surface area contributed by atoms with Crippen LogP contribution in [0.25, 0.3) is 0 Å². The molecule has 0 unspecified atom stereocenters. The first-order valence-corrected chi connectivity index (χ1v) is 8.62. The Hall–Kier alpha value is -1.42. The highest BCUT2D eigenvalue weighted by Crippen LogP contribution is 2.49. The molecule has 128 valence electrons. The zero-order valence-corrected chi connectivity index (χ0v) is 12.7. The molecular formula is C13H13F4NO4S. The number of aliphatic hydroxyl groups is 1. The smallest absolute Gasteiger partial charge is 0.281 e. The lowest BCUT2D eigenvalue weighted by atomic mass is 9.91. The van der Waals surface area contributed by atoms with Crippen LogP contribution in [0.5, 0.6) is 5.88 Å². The molecule has 23 heavy (non-hydrogen) atoms. The van der Waals surface area contributed by atoms with Crippen molar-refractivity contribution >= 4 is 9.84 Å². The van der Waals surface area contributed by atoms with Gasteiger partial charge in [-0.15, -0.1) is 0 Å². The molecule has 10 heteroatoms. The second-order valence-corrected chi connectivity index (χ2v) is 7.92. The van der Waals surface area contributed by atoms with Crippen LogP contribution in [0, 0.1) is 0 Å². The van der Waals surface area contributed by atoms with Gasteiger partial charge in [0.25, 0.3) is 11.8 Å². The minimum absolute atomic E-state index is 0.249. The second-order valence-electron chi connectivity index (χ2n) is 5.94. The molecule has 5 nitrogen and oxygen atoms in total. The number of sulfone groups is 1. The van der Waals surface area contributed by atoms with Crippen LogP contribution < -0.4 is 4.74 Å². The van der Waals surface area contributed by atoms with Crippen molar-refractivity contribution in [3.05, 3.63) is 17.3 Å². The van der Waals surface area contributed by atoms with E-state index in [1.807, 2.05) is 0 Å². The van der Waals surface area contributed by atoms with E-state index in [-0.39, 0.29) is 11.4 Å². The number of aliphatic hydroxyl groups excluding tert-OH is 1. The number of alkyl halides is 4. The molecule has 2 aliphatic rings. The van der Waals surface area contributed by atoms with Crippen molar-refractivity contribution in [2.24, 2.45) is 0 Å². The normalized spacial score (nSPS) is 25.7. The molecule has 0 amide bonds. The summed E-state index contributed by atoms with van der Waals surface area (Å²) < 4.78 is 81.8. The van der Waals surface area contributed by atoms with Crippen LogP contribution >= 0.6 is 0 Å². The van der Waals surface area contributed by atoms with E-state index in [0.717, 1.165) is 12.5 Å². The van der Waals surface area contributed by atoms with Crippen LogP contribution in [0.2, 0.25) is 0 Å². The molecule has 2 aliphatic carbocycles. The highest BCUT2D eigenvalue weighted by atomic mass is 32.2. The number of rotatable bonds is 3. The van der Waals surface area contributed by atoms with Gasteiger partial charge >= 0.3 is 0 Å². The number of hydrogen-bond acceptors (Lipinski definition) is 5. The Balaban J connectivity index is 2.02. The van der Waals surface area contributed by atoms with Gasteiger partial charge in [-0.3, -0.25) is 0 Å². The third-order valence-corrected chi connectivity index (χ3v) is 5.09. The average Bonchev–Trinajstić information content (AvgIpc) is 2.58. The molecule has 1 aromatic rings. The Morgan fingerprint density at radius 3 is 2.43 bits per heavy atom. The van der Waals surface area contributed by atoms with Crippen molar-refractivity contribution in [3.8, 4) is 5.88 Å². The third-order valence-electron chi connectivity index (χ3n) is 3.96. The lowest BCUT2D eigenvalue weighted by Crippen LogP contribution is -2.43. The van der Waals surface area contributed by atoms with Crippen molar-refractivity contribution in [3.63, 3.8) is 0 Å². The first-order valence-electron chi connectivity index (χ1n) is 6.73. The number of hydrogen-bond donors (Lipinski definition) is 1. The van der Waals surface area contributed by atoms with Gasteiger partial charge in [0.15, 0.2) is 9.84 Å². The average molecular weight is 355 g/mol. The monoisotopic (exact) mass is 355 g/mol. The highest BCUT2D eigenvalue weighted by Gasteiger charge is 2.52. The van der Waals surface area contributed by atoms with Gasteiger partial charge < -0.3 is 9.84 Å². The molecule has 0 bridgehead atoms. The predicted molar refractivity (Wildman–Crippen MR) is 69.6 cm³/mol. The largest absolute Gasteiger partial charge is 0.474 e. The number of nitrogens with zero attached hydrogens (tertiary/aromatic N) is 1. The Morgan fingerprint density at radius 2 is 1.91 bits per heavy atom. The van der Waals surface area contributed by atoms with Gasteiger partial charge in [0.2, 0.25) is 5.88 Å². The summed E-state index contributed by atoms with van der Waals surface area (Å²) in [5, 5.41) is 9.75. The van der Waals surface area contributed by atoms with E-state index in [1.165, 1.54) is 0 Å². The van der Waals surface area contributed by atoms with E-state index < -0.39 is 63.6 Å². The van der Waals surface area contributed by atoms with Crippen molar-refractivity contribution in [1.29, 1.82) is 0 Å². The van der Waals surface area contributed by atoms with Gasteiger partial charge in [-0.25, -0.2) is 31.0 Å². The summed E-state index contributed by atoms with van der Waals surface area (Å²) in [6.45, 7) is 0. The molecule has 1 heterocycles. The maximum atomic E-state index is 13.8. The fourth-order valence-electron chi connectivity index (χ4n) is 2.79. The van der Waals surface area contributed by atoms with Crippen molar-refractivity contribution in [1.82, 2.24) is 4.98 Å². The van der Waals surface area contributed by atoms with Crippen molar-refractivity contribution in [2.45, 2.75) is 48.2 Å². The molecule has 3 rings (SSSR count). The summed E-state index contributed by atoms with van der Waals surface area (Å²) in [6, 6.07) is 0. The fourth-order valence-corrected chi connectivity index (χ4v) is 3.67. The van der Waals surface area contributed by atoms with Crippen LogP contribution in [-0.2, 0) is 16.3 Å². The summed E-state index contributed by atoms with van der Waals surface area (Å²) >= 11 is 0. The fraction of sp³-hybridized carbons (Fsp3) is 0.615. The van der Waals surface area contributed by atoms with Gasteiger partial charge in [0.1, 0.15) is 12.2 Å². The van der Waals surface area contributed by atoms with E-state index >= 15 is 0 Å². The maximum absolute atomic E-state index is 13.8. The standard InChI is InChI=1S/C13H13F4NO4S/c1-23(20,21)8-5-18-11(22-6-2-12(14,15)3-6)7-4-13(16,17)10(19)9(7)8/h5-6,10,19H,2-4H2,1H3/t10-/m0/s1. The van der Waals surface area contributed by atoms with Crippen LogP contribution in [0.3, 0.4) is 0 Å². The molecule has 0 aromatic carbocycles. The van der Waals surface area contributed by atoms with Crippen LogP contribution in [-0.4, -0.2) is 42.7 Å². The highest BCUT2D eigenvalue weighted by molar-refractivity contribution is 7.90. The van der Waals surface area contributed by atoms with Crippen LogP contribution in [0.15, 0.2) is 11.1 Å². The molecule has 0 radical (unpaired) electrons. The Morgan fingerprint density at radius 1 is 1.30 bits per heavy atom. The van der Waals surface area contributed by atoms with E-state index in [0.29, 0.717) is 0 Å². The van der Waals surface area contributed by atoms with Gasteiger partial charge in [0, 0.05) is 42.8 Å². The molecule has 1 saturated carbocycles. The van der Waals surface area contributed by atoms with E-state index in [2.05, 4.69) is 4.98 Å². The topological polar surface area (TPSA) is 76.5 Å². The van der Waals surface area contributed by atoms with Gasteiger partial charge in [-0.2, -0.15) is 0 Å². The van der Waals surface area contributed by atoms with E-state index in [4.69, 9.17) is 4.74 Å². The minimum Gasteiger partial charge on any atom is -0.474 e. The minimum atomic E-state index is -3.90. The Bertz CT molecular complexity index is 757. The summed E-state index contributed by atoms with van der Waals surface area (Å²) in [5.41, 5.74) is -0.714. The number of halogens is 4. The van der Waals surface area contributed by atoms with Crippen LogP contribution in [0.4, 0.5) is 17.6 Å². The third kappa shape index (κ3) is 2.78. The maximum Gasteiger partial charge on any atom is 0.281 e. The molecule has 1 N–H and O–H groups in total. The van der Waals surface area contributed by atoms with E-state index in [9.17, 15) is 31.1 Å². The van der Waals surface area contributed by atoms with Crippen molar-refractivity contribution < 1.29 is 35.8 Å². The lowest BCUT2D eigenvalue weighted by Gasteiger charge is -2.34. The number of pyridine rings is 1. The number of aromatic nitrogens is 1. The van der Waals surface area contributed by atoms with Gasteiger partial charge in [0.05, 0.1) is 4.90 Å². The molecular weight excluding hydrogens is 342 g/mol. The molecule has 0 saturated heterocycles. The summed E-state index contributed by atoms with van der Waals surface area (Å²) in [7, 11) is -3.90. The van der Waals surface area contributed by atoms with Crippen molar-refractivity contribution in [2.75, 3.05) is 6.26 Å². The molecule has 1 fully saturated rings. The quantitative estimate of drug-likeness (QED) is 0.838. The molecule has 1 aromatic heterocycles. The first kappa shape index (κ1) is 16.4. The van der Waals surface area contributed by atoms with E-state index in [1.54, 1.807) is 0 Å². The zero-order valence-electron chi connectivity index (χ0n) is 11.9. The number of ether oxygens (including phenoxy) is 1. The summed E-state index contributed by atoms with van der Waals surface area (Å²) in [5.74, 6) is -6.76. The van der Waals surface area contributed by atoms with Gasteiger partial charge in [-0.05, 0) is 0 Å². The summed E-state index contributed by atoms with van der Waals surface area (Å²) in [4.78, 5) is 3.18. The SMILES string of the molecule is CS(=O)(=O)c1cnc(OC2CC(F)(F)C2)c2c1[C@H](O)C(F)(F)C2. The molecule has 1 atom stereocenters.